The number of benzene rings is 1. The summed E-state index contributed by atoms with van der Waals surface area (Å²) in [7, 11) is 0. The van der Waals surface area contributed by atoms with Gasteiger partial charge in [-0.3, -0.25) is 14.6 Å². The highest BCUT2D eigenvalue weighted by Crippen LogP contribution is 2.24. The molecule has 0 spiro atoms. The molecule has 1 amide bonds. The number of nitrogens with zero attached hydrogens (tertiary/aromatic N) is 3. The van der Waals surface area contributed by atoms with Gasteiger partial charge in [0.2, 0.25) is 0 Å². The number of pyridine rings is 1. The Kier molecular flexibility index (Phi) is 4.81. The highest BCUT2D eigenvalue weighted by atomic mass is 32.2. The number of carbonyl (C=O) groups is 1. The normalized spacial score (nSPS) is 21.1. The Morgan fingerprint density at radius 2 is 2.14 bits per heavy atom. The lowest BCUT2D eigenvalue weighted by Gasteiger charge is -2.22. The molecule has 0 aliphatic carbocycles. The molecule has 8 heteroatoms. The number of thioether (sulfide) groups is 1. The van der Waals surface area contributed by atoms with Crippen LogP contribution in [0, 0.1) is 0 Å². The van der Waals surface area contributed by atoms with Crippen molar-refractivity contribution in [3.63, 3.8) is 0 Å². The zero-order valence-electron chi connectivity index (χ0n) is 15.7. The molecule has 1 fully saturated rings. The third-order valence-corrected chi connectivity index (χ3v) is 6.44. The van der Waals surface area contributed by atoms with Crippen molar-refractivity contribution < 1.29 is 9.53 Å². The van der Waals surface area contributed by atoms with Gasteiger partial charge in [0.05, 0.1) is 24.9 Å². The van der Waals surface area contributed by atoms with Crippen LogP contribution >= 0.6 is 11.8 Å². The number of hydrogen-bond acceptors (Lipinski definition) is 6. The van der Waals surface area contributed by atoms with Gasteiger partial charge in [-0.05, 0) is 22.8 Å². The predicted octanol–water partition coefficient (Wildman–Crippen LogP) is 1.95. The van der Waals surface area contributed by atoms with Crippen LogP contribution in [0.1, 0.15) is 27.8 Å². The van der Waals surface area contributed by atoms with Gasteiger partial charge < -0.3 is 10.1 Å². The number of rotatable bonds is 3. The van der Waals surface area contributed by atoms with Crippen molar-refractivity contribution in [1.29, 1.82) is 0 Å². The molecule has 0 bridgehead atoms. The van der Waals surface area contributed by atoms with Crippen molar-refractivity contribution in [3.8, 4) is 0 Å². The van der Waals surface area contributed by atoms with E-state index in [-0.39, 0.29) is 23.6 Å². The van der Waals surface area contributed by atoms with E-state index in [9.17, 15) is 9.59 Å². The zero-order valence-corrected chi connectivity index (χ0v) is 16.5. The minimum atomic E-state index is -0.343. The van der Waals surface area contributed by atoms with E-state index in [1.54, 1.807) is 12.3 Å². The van der Waals surface area contributed by atoms with Crippen LogP contribution in [0.2, 0.25) is 0 Å². The molecule has 4 heterocycles. The maximum Gasteiger partial charge on any atom is 0.270 e. The average Bonchev–Trinajstić information content (AvgIpc) is 3.20. The van der Waals surface area contributed by atoms with Crippen LogP contribution in [0.15, 0.2) is 47.4 Å². The van der Waals surface area contributed by atoms with Crippen LogP contribution in [0.5, 0.6) is 0 Å². The molecule has 29 heavy (non-hydrogen) atoms. The Morgan fingerprint density at radius 1 is 1.24 bits per heavy atom. The minimum Gasteiger partial charge on any atom is -0.377 e. The van der Waals surface area contributed by atoms with Crippen molar-refractivity contribution in [1.82, 2.24) is 20.1 Å². The van der Waals surface area contributed by atoms with Crippen molar-refractivity contribution in [2.24, 2.45) is 0 Å². The Hall–Kier alpha value is -2.71. The molecule has 1 N–H and O–H groups in total. The van der Waals surface area contributed by atoms with E-state index in [4.69, 9.17) is 4.74 Å². The number of carbonyl (C=O) groups excluding carboxylic acids is 1. The van der Waals surface area contributed by atoms with Gasteiger partial charge in [0.1, 0.15) is 11.7 Å². The molecule has 1 saturated heterocycles. The molecular weight excluding hydrogens is 388 g/mol. The molecule has 3 aromatic rings. The second-order valence-corrected chi connectivity index (χ2v) is 8.37. The van der Waals surface area contributed by atoms with Crippen LogP contribution < -0.4 is 10.9 Å². The fourth-order valence-electron chi connectivity index (χ4n) is 3.93. The predicted molar refractivity (Wildman–Crippen MR) is 111 cm³/mol. The van der Waals surface area contributed by atoms with Gasteiger partial charge in [-0.15, -0.1) is 0 Å². The minimum absolute atomic E-state index is 0.149. The van der Waals surface area contributed by atoms with Crippen LogP contribution in [-0.2, 0) is 16.9 Å². The van der Waals surface area contributed by atoms with Crippen LogP contribution in [0.3, 0.4) is 0 Å². The molecule has 148 valence electrons. The SMILES string of the molecule is O=C(NC1COCC1n1nc2c(cc1=O)CSCC2)c1nccc2ccccc12. The second kappa shape index (κ2) is 7.61. The third-order valence-electron chi connectivity index (χ3n) is 5.43. The molecule has 2 atom stereocenters. The summed E-state index contributed by atoms with van der Waals surface area (Å²) in [6.07, 6.45) is 2.48. The van der Waals surface area contributed by atoms with Crippen molar-refractivity contribution >= 4 is 28.4 Å². The van der Waals surface area contributed by atoms with Gasteiger partial charge in [0, 0.05) is 29.8 Å². The molecule has 0 radical (unpaired) electrons. The van der Waals surface area contributed by atoms with Gasteiger partial charge in [0.15, 0.2) is 0 Å². The Labute approximate surface area is 171 Å². The summed E-state index contributed by atoms with van der Waals surface area (Å²) in [5.41, 5.74) is 2.21. The van der Waals surface area contributed by atoms with E-state index in [1.807, 2.05) is 42.1 Å². The fourth-order valence-corrected chi connectivity index (χ4v) is 4.88. The number of ether oxygens (including phenoxy) is 1. The molecule has 5 rings (SSSR count). The van der Waals surface area contributed by atoms with E-state index >= 15 is 0 Å². The van der Waals surface area contributed by atoms with Gasteiger partial charge in [-0.2, -0.15) is 16.9 Å². The lowest BCUT2D eigenvalue weighted by Crippen LogP contribution is -2.44. The Morgan fingerprint density at radius 3 is 3.07 bits per heavy atom. The molecule has 2 aliphatic heterocycles. The van der Waals surface area contributed by atoms with Gasteiger partial charge in [0.25, 0.3) is 11.5 Å². The first kappa shape index (κ1) is 18.3. The molecular formula is C21H20N4O3S. The van der Waals surface area contributed by atoms with Crippen LogP contribution in [0.4, 0.5) is 0 Å². The average molecular weight is 408 g/mol. The number of aryl methyl sites for hydroxylation is 1. The summed E-state index contributed by atoms with van der Waals surface area (Å²) in [5, 5.41) is 9.38. The van der Waals surface area contributed by atoms with E-state index in [0.717, 1.165) is 40.0 Å². The summed E-state index contributed by atoms with van der Waals surface area (Å²) >= 11 is 1.82. The van der Waals surface area contributed by atoms with Crippen LogP contribution in [-0.4, -0.2) is 45.7 Å². The highest BCUT2D eigenvalue weighted by Gasteiger charge is 2.34. The zero-order chi connectivity index (χ0) is 19.8. The summed E-state index contributed by atoms with van der Waals surface area (Å²) in [6, 6.07) is 10.5. The molecule has 2 aromatic heterocycles. The van der Waals surface area contributed by atoms with E-state index in [2.05, 4.69) is 15.4 Å². The first-order chi connectivity index (χ1) is 14.2. The molecule has 7 nitrogen and oxygen atoms in total. The number of nitrogens with one attached hydrogen (secondary N) is 1. The first-order valence-corrected chi connectivity index (χ1v) is 10.8. The maximum absolute atomic E-state index is 13.0. The van der Waals surface area contributed by atoms with Gasteiger partial charge >= 0.3 is 0 Å². The largest absolute Gasteiger partial charge is 0.377 e. The Balaban J connectivity index is 1.43. The lowest BCUT2D eigenvalue weighted by molar-refractivity contribution is 0.0921. The van der Waals surface area contributed by atoms with Crippen LogP contribution in [0.25, 0.3) is 10.8 Å². The summed E-state index contributed by atoms with van der Waals surface area (Å²) in [4.78, 5) is 29.9. The summed E-state index contributed by atoms with van der Waals surface area (Å²) < 4.78 is 7.10. The third kappa shape index (κ3) is 3.42. The molecule has 0 saturated carbocycles. The molecule has 2 unspecified atom stereocenters. The second-order valence-electron chi connectivity index (χ2n) is 7.27. The smallest absolute Gasteiger partial charge is 0.270 e. The van der Waals surface area contributed by atoms with Crippen molar-refractivity contribution in [2.45, 2.75) is 24.3 Å². The van der Waals surface area contributed by atoms with Gasteiger partial charge in [-0.1, -0.05) is 24.3 Å². The highest BCUT2D eigenvalue weighted by molar-refractivity contribution is 7.98. The Bertz CT molecular complexity index is 1140. The standard InChI is InChI=1S/C21H20N4O3S/c26-19-9-14-12-29-8-6-16(14)24-25(19)18-11-28-10-17(18)23-21(27)20-15-4-2-1-3-13(15)5-7-22-20/h1-5,7,9,17-18H,6,8,10-12H2,(H,23,27). The summed E-state index contributed by atoms with van der Waals surface area (Å²) in [5.74, 6) is 1.56. The number of fused-ring (bicyclic) bond motifs is 2. The lowest BCUT2D eigenvalue weighted by atomic mass is 10.1. The first-order valence-electron chi connectivity index (χ1n) is 9.62. The van der Waals surface area contributed by atoms with E-state index in [0.29, 0.717) is 18.9 Å². The van der Waals surface area contributed by atoms with E-state index < -0.39 is 0 Å². The van der Waals surface area contributed by atoms with Gasteiger partial charge in [-0.25, -0.2) is 4.68 Å². The van der Waals surface area contributed by atoms with Crippen molar-refractivity contribution in [2.75, 3.05) is 19.0 Å². The molecule has 1 aromatic carbocycles. The monoisotopic (exact) mass is 408 g/mol. The van der Waals surface area contributed by atoms with Crippen molar-refractivity contribution in [3.05, 3.63) is 69.9 Å². The van der Waals surface area contributed by atoms with E-state index in [1.165, 1.54) is 4.68 Å². The number of hydrogen-bond donors (Lipinski definition) is 1. The molecule has 2 aliphatic rings. The number of aromatic nitrogens is 3. The maximum atomic E-state index is 13.0. The summed E-state index contributed by atoms with van der Waals surface area (Å²) in [6.45, 7) is 0.677. The topological polar surface area (TPSA) is 86.1 Å². The number of amides is 1. The quantitative estimate of drug-likeness (QED) is 0.713. The fraction of sp³-hybridized carbons (Fsp3) is 0.333.